The number of halogens is 1. The summed E-state index contributed by atoms with van der Waals surface area (Å²) in [6.07, 6.45) is 4.60. The molecule has 0 aliphatic rings. The van der Waals surface area contributed by atoms with Crippen LogP contribution in [-0.4, -0.2) is 45.7 Å². The number of anilines is 1. The van der Waals surface area contributed by atoms with Crippen LogP contribution >= 0.6 is 0 Å². The average molecular weight is 646 g/mol. The minimum Gasteiger partial charge on any atom is -0.353 e. The molecule has 10 nitrogen and oxygen atoms in total. The van der Waals surface area contributed by atoms with E-state index in [1.807, 2.05) is 72.8 Å². The Morgan fingerprint density at radius 1 is 0.872 bits per heavy atom. The van der Waals surface area contributed by atoms with Gasteiger partial charge in [-0.15, -0.1) is 0 Å². The highest BCUT2D eigenvalue weighted by Gasteiger charge is 2.17. The van der Waals surface area contributed by atoms with Crippen LogP contribution in [0.3, 0.4) is 0 Å². The molecule has 0 fully saturated rings. The second-order valence-corrected chi connectivity index (χ2v) is 13.1. The zero-order chi connectivity index (χ0) is 32.5. The number of hydrogen-bond donors (Lipinski definition) is 4. The van der Waals surface area contributed by atoms with Gasteiger partial charge in [0, 0.05) is 29.2 Å². The van der Waals surface area contributed by atoms with Crippen molar-refractivity contribution in [1.82, 2.24) is 29.9 Å². The van der Waals surface area contributed by atoms with E-state index in [1.165, 1.54) is 12.1 Å². The van der Waals surface area contributed by atoms with Crippen LogP contribution in [-0.2, 0) is 27.8 Å². The highest BCUT2D eigenvalue weighted by atomic mass is 32.2. The van der Waals surface area contributed by atoms with Crippen molar-refractivity contribution in [3.05, 3.63) is 120 Å². The lowest BCUT2D eigenvalue weighted by molar-refractivity contribution is -0.115. The van der Waals surface area contributed by atoms with Gasteiger partial charge in [0.25, 0.3) is 0 Å². The Balaban J connectivity index is 1.20. The molecule has 3 aromatic carbocycles. The Labute approximate surface area is 269 Å². The molecule has 0 aliphatic carbocycles. The molecule has 1 amide bonds. The fourth-order valence-corrected chi connectivity index (χ4v) is 5.97. The van der Waals surface area contributed by atoms with Gasteiger partial charge in [0.15, 0.2) is 0 Å². The Morgan fingerprint density at radius 2 is 1.72 bits per heavy atom. The fraction of sp³-hybridized carbons (Fsp3) is 0.0857. The van der Waals surface area contributed by atoms with E-state index in [2.05, 4.69) is 30.2 Å². The van der Waals surface area contributed by atoms with E-state index in [0.717, 1.165) is 39.4 Å². The van der Waals surface area contributed by atoms with E-state index in [-0.39, 0.29) is 18.9 Å². The van der Waals surface area contributed by atoms with Gasteiger partial charge in [-0.05, 0) is 70.8 Å². The molecule has 0 aliphatic heterocycles. The third-order valence-electron chi connectivity index (χ3n) is 7.66. The topological polar surface area (TPSA) is 146 Å². The first-order valence-corrected chi connectivity index (χ1v) is 16.6. The lowest BCUT2D eigenvalue weighted by atomic mass is 9.99. The lowest BCUT2D eigenvalue weighted by Crippen LogP contribution is -2.21. The van der Waals surface area contributed by atoms with Crippen LogP contribution in [0.1, 0.15) is 11.1 Å². The first-order valence-electron chi connectivity index (χ1n) is 14.7. The molecule has 0 atom stereocenters. The van der Waals surface area contributed by atoms with Crippen molar-refractivity contribution in [1.29, 1.82) is 0 Å². The van der Waals surface area contributed by atoms with E-state index in [9.17, 15) is 17.6 Å². The number of rotatable bonds is 9. The second-order valence-electron chi connectivity index (χ2n) is 11.2. The number of aromatic amines is 2. The molecular weight excluding hydrogens is 617 g/mol. The van der Waals surface area contributed by atoms with Crippen LogP contribution in [0.2, 0.25) is 0 Å². The first-order chi connectivity index (χ1) is 22.7. The van der Waals surface area contributed by atoms with Gasteiger partial charge < -0.3 is 10.3 Å². The molecule has 12 heteroatoms. The predicted octanol–water partition coefficient (Wildman–Crippen LogP) is 6.20. The number of hydrogen-bond acceptors (Lipinski definition) is 6. The van der Waals surface area contributed by atoms with E-state index >= 15 is 0 Å². The summed E-state index contributed by atoms with van der Waals surface area (Å²) >= 11 is 0. The maximum Gasteiger partial charge on any atom is 0.228 e. The lowest BCUT2D eigenvalue weighted by Gasteiger charge is -2.08. The molecule has 4 N–H and O–H groups in total. The number of H-pyrrole nitrogens is 2. The van der Waals surface area contributed by atoms with Gasteiger partial charge in [0.1, 0.15) is 17.0 Å². The number of fused-ring (bicyclic) bond motifs is 2. The Hall–Kier alpha value is -5.72. The monoisotopic (exact) mass is 645 g/mol. The van der Waals surface area contributed by atoms with E-state index in [1.54, 1.807) is 18.5 Å². The van der Waals surface area contributed by atoms with E-state index in [4.69, 9.17) is 4.98 Å². The molecule has 4 aromatic heterocycles. The van der Waals surface area contributed by atoms with Gasteiger partial charge >= 0.3 is 0 Å². The second kappa shape index (κ2) is 12.2. The van der Waals surface area contributed by atoms with Gasteiger partial charge in [0.05, 0.1) is 41.5 Å². The molecule has 0 unspecified atom stereocenters. The van der Waals surface area contributed by atoms with Gasteiger partial charge in [-0.25, -0.2) is 22.5 Å². The summed E-state index contributed by atoms with van der Waals surface area (Å²) in [5.41, 5.74) is 8.23. The summed E-state index contributed by atoms with van der Waals surface area (Å²) in [6, 6.07) is 27.2. The quantitative estimate of drug-likeness (QED) is 0.147. The van der Waals surface area contributed by atoms with Crippen LogP contribution in [0.4, 0.5) is 10.1 Å². The minimum absolute atomic E-state index is 0.0241. The molecule has 47 heavy (non-hydrogen) atoms. The van der Waals surface area contributed by atoms with Crippen molar-refractivity contribution >= 4 is 43.6 Å². The van der Waals surface area contributed by atoms with E-state index in [0.29, 0.717) is 39.4 Å². The summed E-state index contributed by atoms with van der Waals surface area (Å²) < 4.78 is 40.3. The summed E-state index contributed by atoms with van der Waals surface area (Å²) in [4.78, 5) is 25.3. The highest BCUT2D eigenvalue weighted by Crippen LogP contribution is 2.35. The number of nitrogens with zero attached hydrogens (tertiary/aromatic N) is 3. The average Bonchev–Trinajstić information content (AvgIpc) is 3.68. The number of benzene rings is 3. The summed E-state index contributed by atoms with van der Waals surface area (Å²) in [5, 5.41) is 11.4. The number of carbonyl (C=O) groups excluding carboxylic acids is 1. The van der Waals surface area contributed by atoms with Gasteiger partial charge in [-0.1, -0.05) is 42.5 Å². The van der Waals surface area contributed by atoms with Crippen molar-refractivity contribution in [3.8, 4) is 33.8 Å². The molecule has 0 saturated carbocycles. The first kappa shape index (κ1) is 30.0. The van der Waals surface area contributed by atoms with Crippen molar-refractivity contribution in [2.75, 3.05) is 11.6 Å². The Kier molecular flexibility index (Phi) is 7.80. The Bertz CT molecular complexity index is 2390. The van der Waals surface area contributed by atoms with Crippen molar-refractivity contribution in [2.24, 2.45) is 0 Å². The van der Waals surface area contributed by atoms with Crippen LogP contribution in [0.15, 0.2) is 103 Å². The van der Waals surface area contributed by atoms with Crippen LogP contribution < -0.4 is 10.0 Å². The van der Waals surface area contributed by atoms with Crippen molar-refractivity contribution in [2.45, 2.75) is 13.0 Å². The standard InChI is InChI=1S/C35H28FN7O3S/c1-47(45,46)38-18-22-12-23(15-25(36)13-22)27-8-5-9-30-28(27)17-32(40-30)35-34-31(42-43-35)11-10-29(41-34)24-16-26(20-37-19-24)39-33(44)14-21-6-3-2-4-7-21/h2-13,15-17,19-20,38,40H,14,18H2,1H3,(H,39,44)(H,42,43). The molecule has 7 rings (SSSR count). The van der Waals surface area contributed by atoms with Crippen molar-refractivity contribution in [3.63, 3.8) is 0 Å². The molecule has 7 aromatic rings. The largest absolute Gasteiger partial charge is 0.353 e. The number of carbonyl (C=O) groups is 1. The molecule has 0 bridgehead atoms. The molecule has 0 radical (unpaired) electrons. The smallest absolute Gasteiger partial charge is 0.228 e. The summed E-state index contributed by atoms with van der Waals surface area (Å²) in [7, 11) is -3.44. The number of amides is 1. The number of aromatic nitrogens is 5. The maximum atomic E-state index is 14.7. The number of pyridine rings is 2. The van der Waals surface area contributed by atoms with Crippen LogP contribution in [0, 0.1) is 5.82 Å². The molecule has 234 valence electrons. The Morgan fingerprint density at radius 3 is 2.55 bits per heavy atom. The van der Waals surface area contributed by atoms with Gasteiger partial charge in [-0.3, -0.25) is 14.9 Å². The third kappa shape index (κ3) is 6.64. The highest BCUT2D eigenvalue weighted by molar-refractivity contribution is 7.88. The minimum atomic E-state index is -3.44. The molecule has 0 spiro atoms. The van der Waals surface area contributed by atoms with Gasteiger partial charge in [-0.2, -0.15) is 5.10 Å². The van der Waals surface area contributed by atoms with Crippen LogP contribution in [0.5, 0.6) is 0 Å². The fourth-order valence-electron chi connectivity index (χ4n) is 5.54. The predicted molar refractivity (Wildman–Crippen MR) is 180 cm³/mol. The normalized spacial score (nSPS) is 11.7. The third-order valence-corrected chi connectivity index (χ3v) is 8.33. The summed E-state index contributed by atoms with van der Waals surface area (Å²) in [6.45, 7) is -0.0241. The van der Waals surface area contributed by atoms with Crippen LogP contribution in [0.25, 0.3) is 55.7 Å². The molecule has 0 saturated heterocycles. The summed E-state index contributed by atoms with van der Waals surface area (Å²) in [5.74, 6) is -0.612. The maximum absolute atomic E-state index is 14.7. The van der Waals surface area contributed by atoms with Crippen molar-refractivity contribution < 1.29 is 17.6 Å². The molecular formula is C35H28FN7O3S. The number of nitrogens with one attached hydrogen (secondary N) is 4. The van der Waals surface area contributed by atoms with Gasteiger partial charge in [0.2, 0.25) is 15.9 Å². The number of sulfonamides is 1. The zero-order valence-corrected chi connectivity index (χ0v) is 25.9. The SMILES string of the molecule is CS(=O)(=O)NCc1cc(F)cc(-c2cccc3[nH]c(-c4n[nH]c5ccc(-c6cncc(NC(=O)Cc7ccccc7)c6)nc45)cc23)c1. The zero-order valence-electron chi connectivity index (χ0n) is 25.1. The van der Waals surface area contributed by atoms with E-state index < -0.39 is 15.8 Å². The molecule has 4 heterocycles.